The molecule has 1 aliphatic carbocycles. The minimum absolute atomic E-state index is 0.142. The van der Waals surface area contributed by atoms with E-state index in [1.807, 2.05) is 25.1 Å². The van der Waals surface area contributed by atoms with Crippen molar-refractivity contribution in [3.8, 4) is 0 Å². The highest BCUT2D eigenvalue weighted by Crippen LogP contribution is 2.41. The van der Waals surface area contributed by atoms with E-state index in [0.29, 0.717) is 18.4 Å². The fourth-order valence-corrected chi connectivity index (χ4v) is 4.50. The van der Waals surface area contributed by atoms with Crippen LogP contribution >= 0.6 is 0 Å². The highest BCUT2D eigenvalue weighted by Gasteiger charge is 2.45. The van der Waals surface area contributed by atoms with E-state index < -0.39 is 15.4 Å². The fourth-order valence-electron chi connectivity index (χ4n) is 3.09. The second-order valence-electron chi connectivity index (χ2n) is 6.32. The summed E-state index contributed by atoms with van der Waals surface area (Å²) < 4.78 is 28.0. The summed E-state index contributed by atoms with van der Waals surface area (Å²) in [5, 5.41) is 19.4. The smallest absolute Gasteiger partial charge is 0.242 e. The van der Waals surface area contributed by atoms with E-state index in [2.05, 4.69) is 9.71 Å². The van der Waals surface area contributed by atoms with Crippen molar-refractivity contribution in [2.75, 3.05) is 13.2 Å². The molecule has 0 radical (unpaired) electrons. The highest BCUT2D eigenvalue weighted by molar-refractivity contribution is 7.89. The summed E-state index contributed by atoms with van der Waals surface area (Å²) in [6.07, 6.45) is 0.854. The van der Waals surface area contributed by atoms with Crippen molar-refractivity contribution in [3.63, 3.8) is 0 Å². The predicted molar refractivity (Wildman–Crippen MR) is 86.4 cm³/mol. The minimum atomic E-state index is -3.71. The molecule has 0 aliphatic heterocycles. The lowest BCUT2D eigenvalue weighted by Gasteiger charge is -2.45. The number of benzene rings is 1. The molecule has 1 aliphatic rings. The van der Waals surface area contributed by atoms with Gasteiger partial charge in [-0.25, -0.2) is 13.1 Å². The summed E-state index contributed by atoms with van der Waals surface area (Å²) in [5.41, 5.74) is 0.638. The average molecular weight is 336 g/mol. The van der Waals surface area contributed by atoms with Crippen LogP contribution in [0, 0.1) is 12.3 Å². The number of nitrogens with one attached hydrogen (secondary N) is 1. The Morgan fingerprint density at radius 1 is 1.22 bits per heavy atom. The molecule has 3 N–H and O–H groups in total. The summed E-state index contributed by atoms with van der Waals surface area (Å²) >= 11 is 0. The highest BCUT2D eigenvalue weighted by atomic mass is 32.2. The number of nitrogens with zero attached hydrogens (tertiary/aromatic N) is 1. The summed E-state index contributed by atoms with van der Waals surface area (Å²) in [6, 6.07) is 8.48. The molecule has 6 nitrogen and oxygen atoms in total. The molecule has 2 aromatic rings. The van der Waals surface area contributed by atoms with Crippen molar-refractivity contribution in [2.45, 2.75) is 30.7 Å². The SMILES string of the molecule is Cc1ccc2cccc(S(=O)(=O)NC3CC(CO)(CO)C3)c2n1. The lowest BCUT2D eigenvalue weighted by Crippen LogP contribution is -2.54. The van der Waals surface area contributed by atoms with Crippen molar-refractivity contribution in [3.05, 3.63) is 36.0 Å². The van der Waals surface area contributed by atoms with Gasteiger partial charge in [0.1, 0.15) is 4.90 Å². The van der Waals surface area contributed by atoms with Crippen LogP contribution in [-0.2, 0) is 10.0 Å². The molecule has 124 valence electrons. The zero-order chi connectivity index (χ0) is 16.7. The monoisotopic (exact) mass is 336 g/mol. The van der Waals surface area contributed by atoms with Gasteiger partial charge in [0, 0.05) is 22.5 Å². The molecule has 23 heavy (non-hydrogen) atoms. The molecule has 7 heteroatoms. The predicted octanol–water partition coefficient (Wildman–Crippen LogP) is 0.955. The molecule has 1 saturated carbocycles. The number of sulfonamides is 1. The molecule has 1 fully saturated rings. The van der Waals surface area contributed by atoms with Gasteiger partial charge in [0.05, 0.1) is 18.7 Å². The first kappa shape index (κ1) is 16.3. The normalized spacial score (nSPS) is 18.0. The van der Waals surface area contributed by atoms with E-state index >= 15 is 0 Å². The van der Waals surface area contributed by atoms with Gasteiger partial charge in [0.15, 0.2) is 0 Å². The summed E-state index contributed by atoms with van der Waals surface area (Å²) in [4.78, 5) is 4.51. The zero-order valence-corrected chi connectivity index (χ0v) is 13.7. The molecule has 1 aromatic heterocycles. The second kappa shape index (κ2) is 5.83. The number of para-hydroxylation sites is 1. The molecular weight excluding hydrogens is 316 g/mol. The van der Waals surface area contributed by atoms with Crippen LogP contribution in [0.4, 0.5) is 0 Å². The first-order valence-electron chi connectivity index (χ1n) is 7.50. The number of fused-ring (bicyclic) bond motifs is 1. The fraction of sp³-hybridized carbons (Fsp3) is 0.438. The topological polar surface area (TPSA) is 99.5 Å². The van der Waals surface area contributed by atoms with E-state index in [1.165, 1.54) is 0 Å². The van der Waals surface area contributed by atoms with Crippen molar-refractivity contribution in [1.82, 2.24) is 9.71 Å². The summed E-state index contributed by atoms with van der Waals surface area (Å²) in [7, 11) is -3.71. The number of aliphatic hydroxyl groups excluding tert-OH is 2. The third-order valence-electron chi connectivity index (χ3n) is 4.46. The van der Waals surface area contributed by atoms with Crippen molar-refractivity contribution < 1.29 is 18.6 Å². The molecule has 0 unspecified atom stereocenters. The number of hydrogen-bond donors (Lipinski definition) is 3. The van der Waals surface area contributed by atoms with Crippen LogP contribution in [0.25, 0.3) is 10.9 Å². The van der Waals surface area contributed by atoms with Crippen molar-refractivity contribution >= 4 is 20.9 Å². The Hall–Kier alpha value is -1.54. The van der Waals surface area contributed by atoms with Gasteiger partial charge in [-0.1, -0.05) is 18.2 Å². The molecule has 1 heterocycles. The quantitative estimate of drug-likeness (QED) is 0.755. The lowest BCUT2D eigenvalue weighted by atomic mass is 9.67. The minimum Gasteiger partial charge on any atom is -0.396 e. The number of pyridine rings is 1. The first-order valence-corrected chi connectivity index (χ1v) is 8.98. The molecular formula is C16H20N2O4S. The van der Waals surface area contributed by atoms with Gasteiger partial charge in [-0.2, -0.15) is 0 Å². The molecule has 3 rings (SSSR count). The van der Waals surface area contributed by atoms with Gasteiger partial charge < -0.3 is 10.2 Å². The average Bonchev–Trinajstić information content (AvgIpc) is 2.49. The van der Waals surface area contributed by atoms with Crippen LogP contribution in [0.3, 0.4) is 0 Å². The third kappa shape index (κ3) is 2.97. The molecule has 0 amide bonds. The Balaban J connectivity index is 1.88. The van der Waals surface area contributed by atoms with Crippen molar-refractivity contribution in [1.29, 1.82) is 0 Å². The largest absolute Gasteiger partial charge is 0.396 e. The lowest BCUT2D eigenvalue weighted by molar-refractivity contribution is -0.0261. The number of aliphatic hydroxyl groups is 2. The summed E-state index contributed by atoms with van der Waals surface area (Å²) in [5.74, 6) is 0. The Kier molecular flexibility index (Phi) is 4.14. The van der Waals surface area contributed by atoms with Gasteiger partial charge in [-0.05, 0) is 31.9 Å². The number of aryl methyl sites for hydroxylation is 1. The van der Waals surface area contributed by atoms with E-state index in [9.17, 15) is 18.6 Å². The van der Waals surface area contributed by atoms with Crippen LogP contribution < -0.4 is 4.72 Å². The third-order valence-corrected chi connectivity index (χ3v) is 6.02. The standard InChI is InChI=1S/C16H20N2O4S/c1-11-5-6-12-3-2-4-14(15(12)17-11)23(21,22)18-13-7-16(8-13,9-19)10-20/h2-6,13,18-20H,7-10H2,1H3. The summed E-state index contributed by atoms with van der Waals surface area (Å²) in [6.45, 7) is 1.53. The Labute approximate surface area is 135 Å². The maximum absolute atomic E-state index is 12.7. The Bertz CT molecular complexity index is 823. The van der Waals surface area contributed by atoms with Gasteiger partial charge >= 0.3 is 0 Å². The van der Waals surface area contributed by atoms with Gasteiger partial charge in [-0.15, -0.1) is 0 Å². The van der Waals surface area contributed by atoms with E-state index in [4.69, 9.17) is 0 Å². The van der Waals surface area contributed by atoms with Crippen LogP contribution in [-0.4, -0.2) is 42.9 Å². The van der Waals surface area contributed by atoms with E-state index in [-0.39, 0.29) is 24.2 Å². The van der Waals surface area contributed by atoms with E-state index in [1.54, 1.807) is 12.1 Å². The number of hydrogen-bond acceptors (Lipinski definition) is 5. The molecule has 0 saturated heterocycles. The van der Waals surface area contributed by atoms with Crippen LogP contribution in [0.2, 0.25) is 0 Å². The van der Waals surface area contributed by atoms with Crippen molar-refractivity contribution in [2.24, 2.45) is 5.41 Å². The Morgan fingerprint density at radius 3 is 2.57 bits per heavy atom. The van der Waals surface area contributed by atoms with Gasteiger partial charge in [0.2, 0.25) is 10.0 Å². The van der Waals surface area contributed by atoms with E-state index in [0.717, 1.165) is 11.1 Å². The van der Waals surface area contributed by atoms with Crippen LogP contribution in [0.5, 0.6) is 0 Å². The van der Waals surface area contributed by atoms with Crippen LogP contribution in [0.1, 0.15) is 18.5 Å². The Morgan fingerprint density at radius 2 is 1.91 bits per heavy atom. The number of aromatic nitrogens is 1. The first-order chi connectivity index (χ1) is 10.9. The molecule has 0 spiro atoms. The second-order valence-corrected chi connectivity index (χ2v) is 8.01. The zero-order valence-electron chi connectivity index (χ0n) is 12.9. The maximum atomic E-state index is 12.7. The van der Waals surface area contributed by atoms with Gasteiger partial charge in [0.25, 0.3) is 0 Å². The van der Waals surface area contributed by atoms with Gasteiger partial charge in [-0.3, -0.25) is 4.98 Å². The van der Waals surface area contributed by atoms with Crippen LogP contribution in [0.15, 0.2) is 35.2 Å². The molecule has 0 bridgehead atoms. The molecule has 1 aromatic carbocycles. The maximum Gasteiger partial charge on any atom is 0.242 e. The number of rotatable bonds is 5. The molecule has 0 atom stereocenters.